The fourth-order valence-corrected chi connectivity index (χ4v) is 5.34. The number of fused-ring (bicyclic) bond motifs is 1. The highest BCUT2D eigenvalue weighted by Gasteiger charge is 2.51. The Balaban J connectivity index is 1.60. The van der Waals surface area contributed by atoms with Crippen LogP contribution in [0.5, 0.6) is 0 Å². The highest BCUT2D eigenvalue weighted by atomic mass is 16.2. The summed E-state index contributed by atoms with van der Waals surface area (Å²) in [5.41, 5.74) is 1.01. The third kappa shape index (κ3) is 4.46. The molecule has 3 aliphatic rings. The highest BCUT2D eigenvalue weighted by Crippen LogP contribution is 2.33. The number of benzene rings is 1. The van der Waals surface area contributed by atoms with Gasteiger partial charge in [0.25, 0.3) is 0 Å². The summed E-state index contributed by atoms with van der Waals surface area (Å²) in [6.07, 6.45) is 4.36. The van der Waals surface area contributed by atoms with Crippen LogP contribution >= 0.6 is 0 Å². The predicted octanol–water partition coefficient (Wildman–Crippen LogP) is 2.41. The van der Waals surface area contributed by atoms with Gasteiger partial charge in [0.15, 0.2) is 0 Å². The minimum atomic E-state index is -0.514. The van der Waals surface area contributed by atoms with Crippen molar-refractivity contribution in [1.82, 2.24) is 25.1 Å². The first-order valence-electron chi connectivity index (χ1n) is 11.8. The second kappa shape index (κ2) is 9.48. The van der Waals surface area contributed by atoms with Gasteiger partial charge in [-0.15, -0.1) is 0 Å². The molecule has 0 unspecified atom stereocenters. The van der Waals surface area contributed by atoms with E-state index in [0.29, 0.717) is 19.5 Å². The molecule has 0 spiro atoms. The maximum absolute atomic E-state index is 13.5. The van der Waals surface area contributed by atoms with Crippen molar-refractivity contribution in [2.75, 3.05) is 20.1 Å². The fourth-order valence-electron chi connectivity index (χ4n) is 5.34. The first kappa shape index (κ1) is 22.6. The molecule has 8 nitrogen and oxygen atoms in total. The van der Waals surface area contributed by atoms with Crippen LogP contribution in [0, 0.1) is 5.92 Å². The van der Waals surface area contributed by atoms with Gasteiger partial charge in [0.05, 0.1) is 13.1 Å². The molecule has 2 aliphatic heterocycles. The Morgan fingerprint density at radius 1 is 1.12 bits per heavy atom. The van der Waals surface area contributed by atoms with Gasteiger partial charge < -0.3 is 15.1 Å². The molecule has 2 atom stereocenters. The lowest BCUT2D eigenvalue weighted by atomic mass is 9.96. The molecular weight excluding hydrogens is 406 g/mol. The molecule has 1 aliphatic carbocycles. The number of urea groups is 1. The summed E-state index contributed by atoms with van der Waals surface area (Å²) >= 11 is 0. The van der Waals surface area contributed by atoms with Gasteiger partial charge in [-0.3, -0.25) is 9.59 Å². The number of nitrogens with zero attached hydrogens (tertiary/aromatic N) is 4. The predicted molar refractivity (Wildman–Crippen MR) is 121 cm³/mol. The van der Waals surface area contributed by atoms with Crippen LogP contribution in [0.2, 0.25) is 0 Å². The number of hydrazine groups is 1. The van der Waals surface area contributed by atoms with Crippen molar-refractivity contribution < 1.29 is 14.4 Å². The van der Waals surface area contributed by atoms with E-state index in [4.69, 9.17) is 0 Å². The van der Waals surface area contributed by atoms with Gasteiger partial charge in [0.2, 0.25) is 11.8 Å². The quantitative estimate of drug-likeness (QED) is 0.761. The third-order valence-electron chi connectivity index (χ3n) is 6.84. The van der Waals surface area contributed by atoms with Gasteiger partial charge in [-0.1, -0.05) is 57.0 Å². The Bertz CT molecular complexity index is 839. The normalized spacial score (nSPS) is 24.9. The number of nitrogens with one attached hydrogen (secondary N) is 1. The van der Waals surface area contributed by atoms with Crippen LogP contribution in [0.3, 0.4) is 0 Å². The summed E-state index contributed by atoms with van der Waals surface area (Å²) in [7, 11) is 1.77. The van der Waals surface area contributed by atoms with Crippen LogP contribution in [0.1, 0.15) is 51.5 Å². The fraction of sp³-hybridized carbons (Fsp3) is 0.625. The number of likely N-dealkylation sites (N-methyl/N-ethyl adjacent to an activating group) is 1. The van der Waals surface area contributed by atoms with Crippen molar-refractivity contribution in [1.29, 1.82) is 0 Å². The molecular formula is C24H35N5O3. The summed E-state index contributed by atoms with van der Waals surface area (Å²) in [6.45, 7) is 5.00. The van der Waals surface area contributed by atoms with E-state index in [0.717, 1.165) is 31.2 Å². The zero-order valence-electron chi connectivity index (χ0n) is 19.4. The molecule has 0 radical (unpaired) electrons. The van der Waals surface area contributed by atoms with Crippen molar-refractivity contribution in [3.63, 3.8) is 0 Å². The van der Waals surface area contributed by atoms with E-state index >= 15 is 0 Å². The van der Waals surface area contributed by atoms with Gasteiger partial charge in [0.1, 0.15) is 12.2 Å². The zero-order chi connectivity index (χ0) is 22.8. The second-order valence-corrected chi connectivity index (χ2v) is 9.66. The maximum Gasteiger partial charge on any atom is 0.334 e. The Morgan fingerprint density at radius 2 is 1.81 bits per heavy atom. The average molecular weight is 442 g/mol. The van der Waals surface area contributed by atoms with E-state index in [9.17, 15) is 14.4 Å². The summed E-state index contributed by atoms with van der Waals surface area (Å²) in [4.78, 5) is 43.6. The Hall–Kier alpha value is -2.61. The number of piperazine rings is 1. The lowest BCUT2D eigenvalue weighted by Gasteiger charge is -2.55. The molecule has 4 rings (SSSR count). The van der Waals surface area contributed by atoms with Crippen LogP contribution in [-0.2, 0) is 16.1 Å². The number of rotatable bonds is 5. The molecule has 0 bridgehead atoms. The Labute approximate surface area is 190 Å². The summed E-state index contributed by atoms with van der Waals surface area (Å²) in [5, 5.41) is 6.34. The van der Waals surface area contributed by atoms with Crippen LogP contribution in [0.25, 0.3) is 0 Å². The van der Waals surface area contributed by atoms with E-state index < -0.39 is 12.2 Å². The standard InChI is InChI=1S/C24H35N5O3/c1-17(2)13-20-23(31)27(19-11-7-8-12-19)15-21-28(20)22(30)16-26(3)29(21)24(32)25-14-18-9-5-4-6-10-18/h4-6,9-10,17,19-21H,7-8,11-16H2,1-3H3,(H,25,32)/t20-,21-/m0/s1. The van der Waals surface area contributed by atoms with Crippen LogP contribution in [-0.4, -0.2) is 76.0 Å². The molecule has 2 heterocycles. The highest BCUT2D eigenvalue weighted by molar-refractivity contribution is 5.91. The SMILES string of the molecule is CC(C)C[C@H]1C(=O)N(C2CCCC2)C[C@H]2N1C(=O)CN(C)N2C(=O)NCc1ccccc1. The largest absolute Gasteiger partial charge is 0.334 e. The van der Waals surface area contributed by atoms with Gasteiger partial charge in [-0.05, 0) is 30.7 Å². The number of hydrogen-bond donors (Lipinski definition) is 1. The monoisotopic (exact) mass is 441 g/mol. The second-order valence-electron chi connectivity index (χ2n) is 9.66. The number of hydrogen-bond acceptors (Lipinski definition) is 4. The molecule has 0 aromatic heterocycles. The summed E-state index contributed by atoms with van der Waals surface area (Å²) < 4.78 is 0. The smallest absolute Gasteiger partial charge is 0.334 e. The number of amides is 4. The van der Waals surface area contributed by atoms with Crippen LogP contribution < -0.4 is 5.32 Å². The topological polar surface area (TPSA) is 76.2 Å². The minimum absolute atomic E-state index is 0.0457. The number of carbonyl (C=O) groups excluding carboxylic acids is 3. The molecule has 3 fully saturated rings. The zero-order valence-corrected chi connectivity index (χ0v) is 19.4. The van der Waals surface area contributed by atoms with Crippen molar-refractivity contribution in [3.05, 3.63) is 35.9 Å². The molecule has 1 aromatic carbocycles. The maximum atomic E-state index is 13.5. The van der Waals surface area contributed by atoms with Crippen LogP contribution in [0.15, 0.2) is 30.3 Å². The van der Waals surface area contributed by atoms with Crippen molar-refractivity contribution >= 4 is 17.8 Å². The summed E-state index contributed by atoms with van der Waals surface area (Å²) in [5.74, 6) is 0.222. The van der Waals surface area contributed by atoms with E-state index in [1.807, 2.05) is 35.2 Å². The Morgan fingerprint density at radius 3 is 2.47 bits per heavy atom. The van der Waals surface area contributed by atoms with Crippen molar-refractivity contribution in [2.24, 2.45) is 5.92 Å². The minimum Gasteiger partial charge on any atom is -0.334 e. The molecule has 1 N–H and O–H groups in total. The van der Waals surface area contributed by atoms with E-state index in [2.05, 4.69) is 19.2 Å². The van der Waals surface area contributed by atoms with E-state index in [1.165, 1.54) is 0 Å². The lowest BCUT2D eigenvalue weighted by Crippen LogP contribution is -2.76. The molecule has 4 amide bonds. The number of carbonyl (C=O) groups is 3. The van der Waals surface area contributed by atoms with E-state index in [1.54, 1.807) is 22.0 Å². The first-order valence-corrected chi connectivity index (χ1v) is 11.8. The van der Waals surface area contributed by atoms with Crippen molar-refractivity contribution in [3.8, 4) is 0 Å². The first-order chi connectivity index (χ1) is 15.4. The van der Waals surface area contributed by atoms with Gasteiger partial charge >= 0.3 is 6.03 Å². The van der Waals surface area contributed by atoms with Crippen molar-refractivity contribution in [2.45, 2.75) is 70.7 Å². The van der Waals surface area contributed by atoms with Gasteiger partial charge in [0, 0.05) is 19.6 Å². The molecule has 2 saturated heterocycles. The molecule has 32 heavy (non-hydrogen) atoms. The van der Waals surface area contributed by atoms with Gasteiger partial charge in [-0.25, -0.2) is 14.8 Å². The average Bonchev–Trinajstić information content (AvgIpc) is 3.29. The molecule has 8 heteroatoms. The Kier molecular flexibility index (Phi) is 6.69. The molecule has 1 saturated carbocycles. The lowest BCUT2D eigenvalue weighted by molar-refractivity contribution is -0.190. The summed E-state index contributed by atoms with van der Waals surface area (Å²) in [6, 6.07) is 9.21. The third-order valence-corrected chi connectivity index (χ3v) is 6.84. The van der Waals surface area contributed by atoms with Gasteiger partial charge in [-0.2, -0.15) is 0 Å². The molecule has 174 valence electrons. The van der Waals surface area contributed by atoms with Crippen LogP contribution in [0.4, 0.5) is 4.79 Å². The molecule has 1 aromatic rings. The van der Waals surface area contributed by atoms with E-state index in [-0.39, 0.29) is 36.3 Å².